The summed E-state index contributed by atoms with van der Waals surface area (Å²) in [6.45, 7) is 8.33. The quantitative estimate of drug-likeness (QED) is 0.830. The summed E-state index contributed by atoms with van der Waals surface area (Å²) in [6.07, 6.45) is 4.89. The fourth-order valence-electron chi connectivity index (χ4n) is 3.29. The van der Waals surface area contributed by atoms with Gasteiger partial charge in [0, 0.05) is 6.04 Å². The van der Waals surface area contributed by atoms with E-state index < -0.39 is 6.04 Å². The lowest BCUT2D eigenvalue weighted by atomic mass is 9.84. The van der Waals surface area contributed by atoms with E-state index in [-0.39, 0.29) is 29.8 Å². The molecule has 0 spiro atoms. The number of amides is 2. The van der Waals surface area contributed by atoms with Crippen LogP contribution in [0.2, 0.25) is 0 Å². The zero-order valence-corrected chi connectivity index (χ0v) is 12.5. The summed E-state index contributed by atoms with van der Waals surface area (Å²) in [5.74, 6) is 0.631. The molecule has 0 bridgehead atoms. The minimum absolute atomic E-state index is 0.0237. The van der Waals surface area contributed by atoms with Crippen LogP contribution in [0.15, 0.2) is 0 Å². The highest BCUT2D eigenvalue weighted by molar-refractivity contribution is 5.95. The van der Waals surface area contributed by atoms with Crippen LogP contribution < -0.4 is 5.32 Å². The fourth-order valence-corrected chi connectivity index (χ4v) is 3.29. The smallest absolute Gasteiger partial charge is 0.246 e. The third-order valence-corrected chi connectivity index (χ3v) is 4.59. The second-order valence-corrected chi connectivity index (χ2v) is 7.12. The normalized spacial score (nSPS) is 27.6. The minimum Gasteiger partial charge on any atom is -0.342 e. The van der Waals surface area contributed by atoms with Crippen LogP contribution in [0.4, 0.5) is 0 Å². The maximum atomic E-state index is 12.6. The molecule has 1 aliphatic heterocycles. The van der Waals surface area contributed by atoms with E-state index in [1.54, 1.807) is 0 Å². The molecule has 0 radical (unpaired) electrons. The van der Waals surface area contributed by atoms with Crippen LogP contribution in [-0.2, 0) is 9.59 Å². The Kier molecular flexibility index (Phi) is 3.88. The Labute approximate surface area is 115 Å². The molecule has 2 amide bonds. The van der Waals surface area contributed by atoms with Gasteiger partial charge in [-0.3, -0.25) is 9.59 Å². The van der Waals surface area contributed by atoms with Gasteiger partial charge in [-0.25, -0.2) is 0 Å². The van der Waals surface area contributed by atoms with E-state index in [0.29, 0.717) is 5.92 Å². The van der Waals surface area contributed by atoms with Gasteiger partial charge in [0.05, 0.1) is 6.54 Å². The fraction of sp³-hybridized carbons (Fsp3) is 0.867. The molecule has 2 atom stereocenters. The first-order valence-corrected chi connectivity index (χ1v) is 7.40. The van der Waals surface area contributed by atoms with Crippen molar-refractivity contribution in [1.29, 1.82) is 0 Å². The number of nitrogens with zero attached hydrogens (tertiary/aromatic N) is 1. The first-order chi connectivity index (χ1) is 8.80. The largest absolute Gasteiger partial charge is 0.342 e. The summed E-state index contributed by atoms with van der Waals surface area (Å²) < 4.78 is 0. The molecule has 0 aromatic rings. The molecule has 4 heteroatoms. The van der Waals surface area contributed by atoms with Crippen LogP contribution in [0.5, 0.6) is 0 Å². The van der Waals surface area contributed by atoms with E-state index in [1.807, 2.05) is 25.7 Å². The lowest BCUT2D eigenvalue weighted by molar-refractivity contribution is -0.150. The third-order valence-electron chi connectivity index (χ3n) is 4.59. The molecule has 0 aromatic heterocycles. The van der Waals surface area contributed by atoms with E-state index in [2.05, 4.69) is 12.2 Å². The molecule has 1 saturated carbocycles. The van der Waals surface area contributed by atoms with Crippen LogP contribution in [0.1, 0.15) is 53.4 Å². The average molecular weight is 266 g/mol. The molecule has 2 fully saturated rings. The molecule has 1 aliphatic carbocycles. The van der Waals surface area contributed by atoms with Crippen molar-refractivity contribution in [3.63, 3.8) is 0 Å². The number of rotatable bonds is 2. The molecular formula is C15H26N2O2. The zero-order valence-electron chi connectivity index (χ0n) is 12.5. The van der Waals surface area contributed by atoms with Crippen LogP contribution in [0.25, 0.3) is 0 Å². The second-order valence-electron chi connectivity index (χ2n) is 7.12. The maximum Gasteiger partial charge on any atom is 0.246 e. The van der Waals surface area contributed by atoms with Gasteiger partial charge in [-0.15, -0.1) is 0 Å². The number of nitrogens with one attached hydrogen (secondary N) is 1. The number of hydrogen-bond acceptors (Lipinski definition) is 2. The Bertz CT molecular complexity index is 367. The molecule has 1 saturated heterocycles. The van der Waals surface area contributed by atoms with Crippen molar-refractivity contribution >= 4 is 11.8 Å². The lowest BCUT2D eigenvalue weighted by Gasteiger charge is -2.42. The van der Waals surface area contributed by atoms with E-state index >= 15 is 0 Å². The maximum absolute atomic E-state index is 12.6. The summed E-state index contributed by atoms with van der Waals surface area (Å²) in [4.78, 5) is 26.3. The molecule has 0 aromatic carbocycles. The molecular weight excluding hydrogens is 240 g/mol. The van der Waals surface area contributed by atoms with Crippen molar-refractivity contribution in [2.75, 3.05) is 6.54 Å². The second kappa shape index (κ2) is 5.14. The van der Waals surface area contributed by atoms with E-state index in [1.165, 1.54) is 25.7 Å². The topological polar surface area (TPSA) is 49.4 Å². The Balaban J connectivity index is 2.15. The standard InChI is InChI=1S/C15H26N2O2/c1-10(11-7-5-6-8-11)17-9-12(18)16-13(14(17)19)15(2,3)4/h10-11,13H,5-9H2,1-4H3,(H,16,18). The van der Waals surface area contributed by atoms with Crippen LogP contribution in [0.3, 0.4) is 0 Å². The molecule has 1 N–H and O–H groups in total. The van der Waals surface area contributed by atoms with E-state index in [4.69, 9.17) is 0 Å². The zero-order chi connectivity index (χ0) is 14.2. The summed E-state index contributed by atoms with van der Waals surface area (Å²) in [5.41, 5.74) is -0.235. The first-order valence-electron chi connectivity index (χ1n) is 7.40. The van der Waals surface area contributed by atoms with Crippen molar-refractivity contribution in [3.8, 4) is 0 Å². The summed E-state index contributed by atoms with van der Waals surface area (Å²) in [6, 6.07) is -0.205. The average Bonchev–Trinajstić information content (AvgIpc) is 2.83. The Morgan fingerprint density at radius 2 is 1.79 bits per heavy atom. The Morgan fingerprint density at radius 1 is 1.21 bits per heavy atom. The van der Waals surface area contributed by atoms with Gasteiger partial charge in [0.2, 0.25) is 11.8 Å². The molecule has 2 unspecified atom stereocenters. The lowest BCUT2D eigenvalue weighted by Crippen LogP contribution is -2.64. The molecule has 2 rings (SSSR count). The van der Waals surface area contributed by atoms with Gasteiger partial charge in [0.1, 0.15) is 6.04 Å². The van der Waals surface area contributed by atoms with Gasteiger partial charge in [0.15, 0.2) is 0 Å². The summed E-state index contributed by atoms with van der Waals surface area (Å²) >= 11 is 0. The highest BCUT2D eigenvalue weighted by Crippen LogP contribution is 2.32. The van der Waals surface area contributed by atoms with E-state index in [0.717, 1.165) is 0 Å². The SMILES string of the molecule is CC(C1CCCC1)N1CC(=O)NC(C(C)(C)C)C1=O. The number of piperazine rings is 1. The minimum atomic E-state index is -0.391. The highest BCUT2D eigenvalue weighted by atomic mass is 16.2. The predicted molar refractivity (Wildman–Crippen MR) is 74.5 cm³/mol. The van der Waals surface area contributed by atoms with Crippen molar-refractivity contribution in [2.45, 2.75) is 65.5 Å². The molecule has 19 heavy (non-hydrogen) atoms. The first kappa shape index (κ1) is 14.4. The summed E-state index contributed by atoms with van der Waals surface area (Å²) in [5, 5.41) is 2.85. The number of hydrogen-bond donors (Lipinski definition) is 1. The predicted octanol–water partition coefficient (Wildman–Crippen LogP) is 1.94. The molecule has 2 aliphatic rings. The van der Waals surface area contributed by atoms with Crippen LogP contribution in [-0.4, -0.2) is 35.3 Å². The molecule has 1 heterocycles. The van der Waals surface area contributed by atoms with E-state index in [9.17, 15) is 9.59 Å². The van der Waals surface area contributed by atoms with Gasteiger partial charge in [-0.1, -0.05) is 33.6 Å². The van der Waals surface area contributed by atoms with Crippen molar-refractivity contribution in [2.24, 2.45) is 11.3 Å². The van der Waals surface area contributed by atoms with Gasteiger partial charge >= 0.3 is 0 Å². The number of carbonyl (C=O) groups is 2. The molecule has 108 valence electrons. The van der Waals surface area contributed by atoms with Crippen LogP contribution >= 0.6 is 0 Å². The molecule has 4 nitrogen and oxygen atoms in total. The van der Waals surface area contributed by atoms with Crippen LogP contribution in [0, 0.1) is 11.3 Å². The monoisotopic (exact) mass is 266 g/mol. The third kappa shape index (κ3) is 2.93. The summed E-state index contributed by atoms with van der Waals surface area (Å²) in [7, 11) is 0. The number of carbonyl (C=O) groups excluding carboxylic acids is 2. The van der Waals surface area contributed by atoms with Crippen molar-refractivity contribution < 1.29 is 9.59 Å². The Hall–Kier alpha value is -1.06. The van der Waals surface area contributed by atoms with Gasteiger partial charge in [-0.05, 0) is 31.1 Å². The van der Waals surface area contributed by atoms with Gasteiger partial charge in [0.25, 0.3) is 0 Å². The Morgan fingerprint density at radius 3 is 2.32 bits per heavy atom. The van der Waals surface area contributed by atoms with Gasteiger partial charge < -0.3 is 10.2 Å². The van der Waals surface area contributed by atoms with Crippen molar-refractivity contribution in [1.82, 2.24) is 10.2 Å². The van der Waals surface area contributed by atoms with Gasteiger partial charge in [-0.2, -0.15) is 0 Å². The van der Waals surface area contributed by atoms with Crippen molar-refractivity contribution in [3.05, 3.63) is 0 Å². The highest BCUT2D eigenvalue weighted by Gasteiger charge is 2.42.